The van der Waals surface area contributed by atoms with Crippen molar-refractivity contribution in [1.29, 1.82) is 0 Å². The Balaban J connectivity index is 3.64. The molecule has 0 saturated heterocycles. The summed E-state index contributed by atoms with van der Waals surface area (Å²) in [5, 5.41) is 12.1. The Morgan fingerprint density at radius 3 is 2.43 bits per heavy atom. The monoisotopic (exact) mass is 201 g/mol. The van der Waals surface area contributed by atoms with E-state index in [0.29, 0.717) is 13.0 Å². The third kappa shape index (κ3) is 8.05. The molecule has 3 heteroatoms. The molecule has 0 aromatic heterocycles. The quantitative estimate of drug-likeness (QED) is 0.711. The number of carbonyl (C=O) groups excluding carboxylic acids is 1. The molecule has 0 fully saturated rings. The number of carbonyl (C=O) groups is 1. The normalized spacial score (nSPS) is 13.8. The lowest BCUT2D eigenvalue weighted by molar-refractivity contribution is -0.123. The largest absolute Gasteiger partial charge is 0.391 e. The first-order valence-electron chi connectivity index (χ1n) is 5.30. The van der Waals surface area contributed by atoms with E-state index < -0.39 is 6.10 Å². The zero-order chi connectivity index (χ0) is 11.2. The third-order valence-electron chi connectivity index (χ3n) is 1.85. The summed E-state index contributed by atoms with van der Waals surface area (Å²) in [6.07, 6.45) is 1.79. The molecule has 84 valence electrons. The average molecular weight is 201 g/mol. The highest BCUT2D eigenvalue weighted by Gasteiger charge is 2.16. The van der Waals surface area contributed by atoms with Gasteiger partial charge in [-0.2, -0.15) is 0 Å². The van der Waals surface area contributed by atoms with Gasteiger partial charge in [0.25, 0.3) is 0 Å². The molecule has 14 heavy (non-hydrogen) atoms. The van der Waals surface area contributed by atoms with Crippen LogP contribution in [0.3, 0.4) is 0 Å². The van der Waals surface area contributed by atoms with Gasteiger partial charge in [0.05, 0.1) is 6.10 Å². The van der Waals surface area contributed by atoms with Crippen LogP contribution >= 0.6 is 0 Å². The second kappa shape index (κ2) is 6.02. The summed E-state index contributed by atoms with van der Waals surface area (Å²) in [5.41, 5.74) is 0.0137. The number of nitrogens with one attached hydrogen (secondary N) is 1. The zero-order valence-electron chi connectivity index (χ0n) is 9.76. The van der Waals surface area contributed by atoms with Crippen LogP contribution in [0.2, 0.25) is 0 Å². The number of rotatable bonds is 5. The second-order valence-electron chi connectivity index (χ2n) is 4.98. The van der Waals surface area contributed by atoms with E-state index >= 15 is 0 Å². The van der Waals surface area contributed by atoms with Gasteiger partial charge in [-0.15, -0.1) is 0 Å². The lowest BCUT2D eigenvalue weighted by Gasteiger charge is -2.18. The maximum atomic E-state index is 11.3. The molecule has 1 amide bonds. The van der Waals surface area contributed by atoms with Gasteiger partial charge in [0, 0.05) is 13.0 Å². The fourth-order valence-corrected chi connectivity index (χ4v) is 1.21. The zero-order valence-corrected chi connectivity index (χ0v) is 9.76. The molecule has 0 saturated carbocycles. The maximum Gasteiger partial charge on any atom is 0.220 e. The van der Waals surface area contributed by atoms with Crippen molar-refractivity contribution in [2.24, 2.45) is 5.41 Å². The Morgan fingerprint density at radius 1 is 1.43 bits per heavy atom. The van der Waals surface area contributed by atoms with E-state index in [1.165, 1.54) is 0 Å². The molecule has 0 aliphatic carbocycles. The van der Waals surface area contributed by atoms with Crippen LogP contribution in [-0.4, -0.2) is 23.7 Å². The lowest BCUT2D eigenvalue weighted by Crippen LogP contribution is -2.34. The number of hydrogen-bond acceptors (Lipinski definition) is 2. The molecule has 0 bridgehead atoms. The second-order valence-corrected chi connectivity index (χ2v) is 4.98. The predicted molar refractivity (Wildman–Crippen MR) is 58.0 cm³/mol. The van der Waals surface area contributed by atoms with Gasteiger partial charge in [-0.3, -0.25) is 4.79 Å². The molecular formula is C11H23NO2. The Morgan fingerprint density at radius 2 is 2.00 bits per heavy atom. The fourth-order valence-electron chi connectivity index (χ4n) is 1.21. The Bertz CT molecular complexity index is 173. The summed E-state index contributed by atoms with van der Waals surface area (Å²) in [5.74, 6) is 0.0210. The summed E-state index contributed by atoms with van der Waals surface area (Å²) in [6.45, 7) is 8.46. The third-order valence-corrected chi connectivity index (χ3v) is 1.85. The highest BCUT2D eigenvalue weighted by molar-refractivity contribution is 5.76. The van der Waals surface area contributed by atoms with Gasteiger partial charge < -0.3 is 10.4 Å². The van der Waals surface area contributed by atoms with Crippen molar-refractivity contribution < 1.29 is 9.90 Å². The standard InChI is InChI=1S/C11H23NO2/c1-5-6-9(13)8-12-10(14)7-11(2,3)4/h9,13H,5-8H2,1-4H3,(H,12,14). The van der Waals surface area contributed by atoms with Gasteiger partial charge in [0.15, 0.2) is 0 Å². The van der Waals surface area contributed by atoms with E-state index in [0.717, 1.165) is 12.8 Å². The van der Waals surface area contributed by atoms with E-state index in [-0.39, 0.29) is 11.3 Å². The Hall–Kier alpha value is -0.570. The van der Waals surface area contributed by atoms with Crippen molar-refractivity contribution in [3.8, 4) is 0 Å². The topological polar surface area (TPSA) is 49.3 Å². The van der Waals surface area contributed by atoms with Crippen LogP contribution in [0.5, 0.6) is 0 Å². The molecule has 0 spiro atoms. The summed E-state index contributed by atoms with van der Waals surface area (Å²) in [6, 6.07) is 0. The van der Waals surface area contributed by atoms with Crippen molar-refractivity contribution in [3.05, 3.63) is 0 Å². The Labute approximate surface area is 86.9 Å². The van der Waals surface area contributed by atoms with Gasteiger partial charge in [-0.25, -0.2) is 0 Å². The van der Waals surface area contributed by atoms with E-state index in [2.05, 4.69) is 5.32 Å². The average Bonchev–Trinajstić information content (AvgIpc) is 1.98. The van der Waals surface area contributed by atoms with E-state index in [1.807, 2.05) is 27.7 Å². The number of amides is 1. The van der Waals surface area contributed by atoms with E-state index in [4.69, 9.17) is 0 Å². The van der Waals surface area contributed by atoms with E-state index in [1.54, 1.807) is 0 Å². The van der Waals surface area contributed by atoms with Crippen molar-refractivity contribution in [2.45, 2.75) is 53.1 Å². The van der Waals surface area contributed by atoms with Crippen LogP contribution in [0.1, 0.15) is 47.0 Å². The maximum absolute atomic E-state index is 11.3. The minimum atomic E-state index is -0.399. The van der Waals surface area contributed by atoms with Crippen molar-refractivity contribution in [3.63, 3.8) is 0 Å². The van der Waals surface area contributed by atoms with Crippen LogP contribution in [0.15, 0.2) is 0 Å². The first-order chi connectivity index (χ1) is 6.35. The molecule has 0 heterocycles. The summed E-state index contributed by atoms with van der Waals surface area (Å²) < 4.78 is 0. The molecule has 0 radical (unpaired) electrons. The van der Waals surface area contributed by atoms with Crippen LogP contribution < -0.4 is 5.32 Å². The molecule has 1 unspecified atom stereocenters. The smallest absolute Gasteiger partial charge is 0.220 e. The minimum Gasteiger partial charge on any atom is -0.391 e. The number of aliphatic hydroxyl groups excluding tert-OH is 1. The van der Waals surface area contributed by atoms with Crippen molar-refractivity contribution in [1.82, 2.24) is 5.32 Å². The van der Waals surface area contributed by atoms with Gasteiger partial charge in [-0.1, -0.05) is 34.1 Å². The van der Waals surface area contributed by atoms with Gasteiger partial charge in [0.2, 0.25) is 5.91 Å². The number of aliphatic hydroxyl groups is 1. The highest BCUT2D eigenvalue weighted by atomic mass is 16.3. The van der Waals surface area contributed by atoms with Crippen molar-refractivity contribution >= 4 is 5.91 Å². The molecular weight excluding hydrogens is 178 g/mol. The van der Waals surface area contributed by atoms with Crippen LogP contribution in [0, 0.1) is 5.41 Å². The van der Waals surface area contributed by atoms with Gasteiger partial charge >= 0.3 is 0 Å². The van der Waals surface area contributed by atoms with Crippen LogP contribution in [0.25, 0.3) is 0 Å². The highest BCUT2D eigenvalue weighted by Crippen LogP contribution is 2.17. The first-order valence-corrected chi connectivity index (χ1v) is 5.30. The van der Waals surface area contributed by atoms with Crippen LogP contribution in [0.4, 0.5) is 0 Å². The molecule has 0 aliphatic rings. The molecule has 0 rings (SSSR count). The van der Waals surface area contributed by atoms with Gasteiger partial charge in [-0.05, 0) is 11.8 Å². The minimum absolute atomic E-state index is 0.0137. The summed E-state index contributed by atoms with van der Waals surface area (Å²) in [7, 11) is 0. The number of hydrogen-bond donors (Lipinski definition) is 2. The fraction of sp³-hybridized carbons (Fsp3) is 0.909. The molecule has 1 atom stereocenters. The summed E-state index contributed by atoms with van der Waals surface area (Å²) >= 11 is 0. The molecule has 0 aromatic carbocycles. The molecule has 0 aromatic rings. The predicted octanol–water partition coefficient (Wildman–Crippen LogP) is 1.70. The Kier molecular flexibility index (Phi) is 5.77. The van der Waals surface area contributed by atoms with Crippen molar-refractivity contribution in [2.75, 3.05) is 6.54 Å². The van der Waals surface area contributed by atoms with E-state index in [9.17, 15) is 9.90 Å². The molecule has 0 aliphatic heterocycles. The molecule has 2 N–H and O–H groups in total. The lowest BCUT2D eigenvalue weighted by atomic mass is 9.92. The van der Waals surface area contributed by atoms with Gasteiger partial charge in [0.1, 0.15) is 0 Å². The summed E-state index contributed by atoms with van der Waals surface area (Å²) in [4.78, 5) is 11.3. The first kappa shape index (κ1) is 13.4. The van der Waals surface area contributed by atoms with Crippen LogP contribution in [-0.2, 0) is 4.79 Å². The molecule has 3 nitrogen and oxygen atoms in total. The SMILES string of the molecule is CCCC(O)CNC(=O)CC(C)(C)C.